The Kier molecular flexibility index (Phi) is 2.91. The first-order valence-electron chi connectivity index (χ1n) is 5.60. The second kappa shape index (κ2) is 4.59. The summed E-state index contributed by atoms with van der Waals surface area (Å²) in [7, 11) is 0. The maximum Gasteiger partial charge on any atom is 0.259 e. The number of hydrogen-bond donors (Lipinski definition) is 1. The van der Waals surface area contributed by atoms with Crippen LogP contribution in [0.3, 0.4) is 0 Å². The molecule has 0 amide bonds. The quantitative estimate of drug-likeness (QED) is 0.746. The lowest BCUT2D eigenvalue weighted by Gasteiger charge is -2.05. The van der Waals surface area contributed by atoms with Crippen molar-refractivity contribution >= 4 is 26.8 Å². The van der Waals surface area contributed by atoms with E-state index in [-0.39, 0.29) is 10.0 Å². The van der Waals surface area contributed by atoms with Gasteiger partial charge in [0.05, 0.1) is 15.4 Å². The van der Waals surface area contributed by atoms with E-state index in [1.54, 1.807) is 36.4 Å². The summed E-state index contributed by atoms with van der Waals surface area (Å²) < 4.78 is 13.8. The van der Waals surface area contributed by atoms with E-state index in [9.17, 15) is 9.18 Å². The lowest BCUT2D eigenvalue weighted by Crippen LogP contribution is -2.09. The first-order valence-corrected chi connectivity index (χ1v) is 6.39. The maximum atomic E-state index is 13.5. The van der Waals surface area contributed by atoms with Crippen molar-refractivity contribution in [3.05, 3.63) is 63.1 Å². The number of nitrogens with one attached hydrogen (secondary N) is 1. The smallest absolute Gasteiger partial charge is 0.259 e. The third-order valence-corrected chi connectivity index (χ3v) is 3.63. The molecule has 0 saturated heterocycles. The van der Waals surface area contributed by atoms with Crippen molar-refractivity contribution in [3.8, 4) is 11.4 Å². The monoisotopic (exact) mass is 318 g/mol. The fourth-order valence-electron chi connectivity index (χ4n) is 1.90. The Morgan fingerprint density at radius 1 is 1.11 bits per heavy atom. The number of para-hydroxylation sites is 1. The van der Waals surface area contributed by atoms with Crippen molar-refractivity contribution in [1.82, 2.24) is 9.97 Å². The van der Waals surface area contributed by atoms with Gasteiger partial charge in [0.15, 0.2) is 0 Å². The molecule has 0 fully saturated rings. The Morgan fingerprint density at radius 2 is 1.89 bits per heavy atom. The van der Waals surface area contributed by atoms with Gasteiger partial charge in [0, 0.05) is 5.56 Å². The number of halogens is 2. The van der Waals surface area contributed by atoms with Gasteiger partial charge in [-0.15, -0.1) is 0 Å². The zero-order chi connectivity index (χ0) is 13.4. The highest BCUT2D eigenvalue weighted by Gasteiger charge is 2.11. The molecule has 1 heterocycles. The van der Waals surface area contributed by atoms with Gasteiger partial charge in [0.25, 0.3) is 5.56 Å². The van der Waals surface area contributed by atoms with E-state index in [2.05, 4.69) is 25.9 Å². The molecule has 0 aliphatic carbocycles. The van der Waals surface area contributed by atoms with Gasteiger partial charge < -0.3 is 4.98 Å². The predicted molar refractivity (Wildman–Crippen MR) is 75.5 cm³/mol. The molecule has 5 heteroatoms. The molecule has 0 spiro atoms. The van der Waals surface area contributed by atoms with Crippen LogP contribution >= 0.6 is 15.9 Å². The fraction of sp³-hybridized carbons (Fsp3) is 0. The summed E-state index contributed by atoms with van der Waals surface area (Å²) in [6.45, 7) is 0. The molecule has 0 aliphatic rings. The molecule has 0 unspecified atom stereocenters. The second-order valence-corrected chi connectivity index (χ2v) is 4.83. The summed E-state index contributed by atoms with van der Waals surface area (Å²) in [6, 6.07) is 11.6. The number of aromatic amines is 1. The van der Waals surface area contributed by atoms with E-state index >= 15 is 0 Å². The molecule has 0 atom stereocenters. The van der Waals surface area contributed by atoms with E-state index in [0.717, 1.165) is 0 Å². The molecule has 3 rings (SSSR count). The summed E-state index contributed by atoms with van der Waals surface area (Å²) in [6.07, 6.45) is 0. The summed E-state index contributed by atoms with van der Waals surface area (Å²) in [4.78, 5) is 19.0. The Hall–Kier alpha value is -2.01. The zero-order valence-corrected chi connectivity index (χ0v) is 11.2. The highest BCUT2D eigenvalue weighted by atomic mass is 79.9. The lowest BCUT2D eigenvalue weighted by atomic mass is 10.2. The minimum atomic E-state index is -0.395. The second-order valence-electron chi connectivity index (χ2n) is 4.03. The molecule has 2 aromatic carbocycles. The molecular weight excluding hydrogens is 311 g/mol. The molecule has 19 heavy (non-hydrogen) atoms. The molecule has 0 radical (unpaired) electrons. The van der Waals surface area contributed by atoms with Crippen LogP contribution in [-0.4, -0.2) is 9.97 Å². The van der Waals surface area contributed by atoms with Crippen LogP contribution in [0.25, 0.3) is 22.3 Å². The Bertz CT molecular complexity index is 829. The Labute approximate surface area is 116 Å². The van der Waals surface area contributed by atoms with Gasteiger partial charge in [-0.05, 0) is 40.2 Å². The van der Waals surface area contributed by atoms with Crippen LogP contribution in [0.5, 0.6) is 0 Å². The highest BCUT2D eigenvalue weighted by Crippen LogP contribution is 2.27. The number of hydrogen-bond acceptors (Lipinski definition) is 2. The minimum absolute atomic E-state index is 0.239. The number of rotatable bonds is 1. The van der Waals surface area contributed by atoms with Crippen LogP contribution in [0.2, 0.25) is 0 Å². The van der Waals surface area contributed by atoms with E-state index in [1.165, 1.54) is 6.07 Å². The van der Waals surface area contributed by atoms with Crippen LogP contribution < -0.4 is 5.56 Å². The summed E-state index contributed by atoms with van der Waals surface area (Å²) in [5.74, 6) is -0.0524. The van der Waals surface area contributed by atoms with Crippen LogP contribution in [0.1, 0.15) is 0 Å². The van der Waals surface area contributed by atoms with E-state index in [0.29, 0.717) is 22.3 Å². The molecule has 1 N–H and O–H groups in total. The van der Waals surface area contributed by atoms with Crippen molar-refractivity contribution in [2.24, 2.45) is 0 Å². The number of benzene rings is 2. The standard InChI is InChI=1S/C14H8BrFN2O/c15-12-9(5-3-6-10(12)16)13-17-11-7-2-1-4-8(11)14(19)18-13/h1-7H,(H,17,18,19). The summed E-state index contributed by atoms with van der Waals surface area (Å²) >= 11 is 3.17. The predicted octanol–water partition coefficient (Wildman–Crippen LogP) is 3.49. The van der Waals surface area contributed by atoms with Crippen molar-refractivity contribution in [3.63, 3.8) is 0 Å². The van der Waals surface area contributed by atoms with Crippen molar-refractivity contribution in [2.45, 2.75) is 0 Å². The van der Waals surface area contributed by atoms with Crippen LogP contribution in [0.15, 0.2) is 51.7 Å². The fourth-order valence-corrected chi connectivity index (χ4v) is 2.35. The molecular formula is C14H8BrFN2O. The average molecular weight is 319 g/mol. The van der Waals surface area contributed by atoms with Crippen LogP contribution in [0.4, 0.5) is 4.39 Å². The van der Waals surface area contributed by atoms with Gasteiger partial charge in [-0.2, -0.15) is 0 Å². The molecule has 3 aromatic rings. The average Bonchev–Trinajstić information content (AvgIpc) is 2.42. The lowest BCUT2D eigenvalue weighted by molar-refractivity contribution is 0.621. The van der Waals surface area contributed by atoms with E-state index in [4.69, 9.17) is 0 Å². The summed E-state index contributed by atoms with van der Waals surface area (Å²) in [5.41, 5.74) is 0.858. The largest absolute Gasteiger partial charge is 0.306 e. The van der Waals surface area contributed by atoms with Crippen LogP contribution in [-0.2, 0) is 0 Å². The highest BCUT2D eigenvalue weighted by molar-refractivity contribution is 9.10. The van der Waals surface area contributed by atoms with Gasteiger partial charge in [-0.25, -0.2) is 9.37 Å². The first-order chi connectivity index (χ1) is 9.16. The topological polar surface area (TPSA) is 45.8 Å². The summed E-state index contributed by atoms with van der Waals surface area (Å²) in [5, 5.41) is 0.513. The first kappa shape index (κ1) is 12.0. The van der Waals surface area contributed by atoms with E-state index < -0.39 is 5.82 Å². The van der Waals surface area contributed by atoms with Gasteiger partial charge in [0.1, 0.15) is 11.6 Å². The van der Waals surface area contributed by atoms with Crippen LogP contribution in [0, 0.1) is 5.82 Å². The van der Waals surface area contributed by atoms with Gasteiger partial charge in [0.2, 0.25) is 0 Å². The number of H-pyrrole nitrogens is 1. The molecule has 0 aliphatic heterocycles. The molecule has 3 nitrogen and oxygen atoms in total. The van der Waals surface area contributed by atoms with Crippen molar-refractivity contribution < 1.29 is 4.39 Å². The normalized spacial score (nSPS) is 10.8. The molecule has 0 saturated carbocycles. The van der Waals surface area contributed by atoms with Crippen molar-refractivity contribution in [2.75, 3.05) is 0 Å². The Balaban J connectivity index is 2.32. The van der Waals surface area contributed by atoms with E-state index in [1.807, 2.05) is 0 Å². The number of fused-ring (bicyclic) bond motifs is 1. The number of aromatic nitrogens is 2. The zero-order valence-electron chi connectivity index (χ0n) is 9.65. The third kappa shape index (κ3) is 2.06. The maximum absolute atomic E-state index is 13.5. The number of nitrogens with zero attached hydrogens (tertiary/aromatic N) is 1. The van der Waals surface area contributed by atoms with Crippen molar-refractivity contribution in [1.29, 1.82) is 0 Å². The molecule has 94 valence electrons. The minimum Gasteiger partial charge on any atom is -0.306 e. The third-order valence-electron chi connectivity index (χ3n) is 2.82. The van der Waals surface area contributed by atoms with Gasteiger partial charge >= 0.3 is 0 Å². The van der Waals surface area contributed by atoms with Gasteiger partial charge in [-0.1, -0.05) is 18.2 Å². The van der Waals surface area contributed by atoms with Gasteiger partial charge in [-0.3, -0.25) is 4.79 Å². The molecule has 1 aromatic heterocycles. The SMILES string of the molecule is O=c1[nH]c(-c2cccc(F)c2Br)nc2ccccc12. The molecule has 0 bridgehead atoms. The Morgan fingerprint density at radius 3 is 2.74 bits per heavy atom.